The van der Waals surface area contributed by atoms with Gasteiger partial charge in [-0.15, -0.1) is 5.10 Å². The molecular weight excluding hydrogens is 571 g/mol. The number of hydrogen-bond acceptors (Lipinski definition) is 8. The van der Waals surface area contributed by atoms with Gasteiger partial charge in [0.2, 0.25) is 0 Å². The van der Waals surface area contributed by atoms with E-state index < -0.39 is 21.6 Å². The van der Waals surface area contributed by atoms with E-state index in [0.29, 0.717) is 80.2 Å². The largest absolute Gasteiger partial charge is 0.416 e. The first-order valence-corrected chi connectivity index (χ1v) is 15.6. The topological polar surface area (TPSA) is 109 Å². The molecule has 0 atom stereocenters. The second-order valence-electron chi connectivity index (χ2n) is 11.6. The van der Waals surface area contributed by atoms with E-state index in [2.05, 4.69) is 19.8 Å². The number of anilines is 1. The molecule has 0 radical (unpaired) electrons. The van der Waals surface area contributed by atoms with E-state index in [4.69, 9.17) is 14.8 Å². The number of aromatic nitrogens is 5. The summed E-state index contributed by atoms with van der Waals surface area (Å²) in [7, 11) is -2.96. The monoisotopic (exact) mass is 601 g/mol. The Kier molecular flexibility index (Phi) is 6.37. The van der Waals surface area contributed by atoms with Gasteiger partial charge in [-0.1, -0.05) is 12.1 Å². The second-order valence-corrected chi connectivity index (χ2v) is 13.7. The third-order valence-corrected chi connectivity index (χ3v) is 10.6. The third-order valence-electron chi connectivity index (χ3n) is 8.49. The van der Waals surface area contributed by atoms with Crippen LogP contribution in [0.3, 0.4) is 0 Å². The van der Waals surface area contributed by atoms with Crippen molar-refractivity contribution < 1.29 is 26.3 Å². The fraction of sp³-hybridized carbons (Fsp3) is 0.464. The third kappa shape index (κ3) is 4.84. The Bertz CT molecular complexity index is 1740. The minimum atomic E-state index is -4.47. The van der Waals surface area contributed by atoms with E-state index in [0.717, 1.165) is 11.6 Å². The fourth-order valence-electron chi connectivity index (χ4n) is 6.60. The number of H-pyrrole nitrogens is 1. The van der Waals surface area contributed by atoms with Crippen molar-refractivity contribution in [3.05, 3.63) is 64.7 Å². The molecule has 42 heavy (non-hydrogen) atoms. The maximum Gasteiger partial charge on any atom is 0.416 e. The summed E-state index contributed by atoms with van der Waals surface area (Å²) in [6.07, 6.45) is -0.893. The maximum atomic E-state index is 13.8. The van der Waals surface area contributed by atoms with Crippen LogP contribution in [0.25, 0.3) is 17.0 Å². The number of rotatable bonds is 6. The van der Waals surface area contributed by atoms with E-state index in [-0.39, 0.29) is 28.9 Å². The lowest BCUT2D eigenvalue weighted by Gasteiger charge is -2.54. The van der Waals surface area contributed by atoms with Crippen LogP contribution in [0.4, 0.5) is 19.0 Å². The van der Waals surface area contributed by atoms with E-state index >= 15 is 0 Å². The van der Waals surface area contributed by atoms with Gasteiger partial charge in [-0.2, -0.15) is 13.2 Å². The molecule has 222 valence electrons. The van der Waals surface area contributed by atoms with E-state index in [1.807, 2.05) is 6.07 Å². The van der Waals surface area contributed by atoms with Crippen LogP contribution in [0.2, 0.25) is 0 Å². The van der Waals surface area contributed by atoms with Crippen molar-refractivity contribution in [1.29, 1.82) is 0 Å². The minimum Gasteiger partial charge on any atom is -0.378 e. The van der Waals surface area contributed by atoms with Gasteiger partial charge >= 0.3 is 6.18 Å². The number of ether oxygens (including phenoxy) is 1. The lowest BCUT2D eigenvalue weighted by molar-refractivity contribution is -0.138. The molecule has 0 aliphatic carbocycles. The number of likely N-dealkylation sites (tertiary alicyclic amines) is 1. The van der Waals surface area contributed by atoms with Crippen molar-refractivity contribution in [2.75, 3.05) is 55.8 Å². The SMILES string of the molecule is Cc1c(Cc2c(CN3CC4(C3)CS(=O)(=O)C4)nc3c(-c4ncc[nH]4)cc(N4CCOCC4)nn23)cccc1C(F)(F)F. The summed E-state index contributed by atoms with van der Waals surface area (Å²) in [6.45, 7) is 5.64. The number of sulfone groups is 1. The molecule has 3 saturated heterocycles. The van der Waals surface area contributed by atoms with Crippen molar-refractivity contribution in [2.24, 2.45) is 5.41 Å². The quantitative estimate of drug-likeness (QED) is 0.359. The lowest BCUT2D eigenvalue weighted by Crippen LogP contribution is -2.67. The Hall–Kier alpha value is -3.49. The van der Waals surface area contributed by atoms with Gasteiger partial charge in [0.05, 0.1) is 47.2 Å². The number of benzene rings is 1. The summed E-state index contributed by atoms with van der Waals surface area (Å²) in [4.78, 5) is 16.9. The summed E-state index contributed by atoms with van der Waals surface area (Å²) in [5, 5.41) is 4.98. The number of aromatic amines is 1. The first-order chi connectivity index (χ1) is 20.0. The molecule has 0 bridgehead atoms. The Morgan fingerprint density at radius 1 is 1.14 bits per heavy atom. The lowest BCUT2D eigenvalue weighted by atomic mass is 9.83. The average molecular weight is 602 g/mol. The van der Waals surface area contributed by atoms with Gasteiger partial charge in [-0.25, -0.2) is 22.9 Å². The van der Waals surface area contributed by atoms with Crippen LogP contribution in [0.15, 0.2) is 36.7 Å². The normalized spacial score (nSPS) is 20.1. The smallest absolute Gasteiger partial charge is 0.378 e. The molecule has 6 heterocycles. The number of morpholine rings is 1. The number of imidazole rings is 2. The van der Waals surface area contributed by atoms with Crippen LogP contribution in [0, 0.1) is 12.3 Å². The summed E-state index contributed by atoms with van der Waals surface area (Å²) in [5.41, 5.74) is 2.52. The van der Waals surface area contributed by atoms with Gasteiger partial charge in [0.15, 0.2) is 21.3 Å². The molecule has 4 aromatic rings. The number of fused-ring (bicyclic) bond motifs is 1. The Morgan fingerprint density at radius 3 is 2.57 bits per heavy atom. The number of halogens is 3. The first-order valence-electron chi connectivity index (χ1n) is 13.8. The minimum absolute atomic E-state index is 0.170. The molecule has 3 aromatic heterocycles. The molecular formula is C28H30F3N7O3S. The van der Waals surface area contributed by atoms with Crippen molar-refractivity contribution in [3.8, 4) is 11.4 Å². The van der Waals surface area contributed by atoms with E-state index in [1.165, 1.54) is 13.0 Å². The predicted molar refractivity (Wildman–Crippen MR) is 149 cm³/mol. The molecule has 1 aromatic carbocycles. The van der Waals surface area contributed by atoms with Crippen molar-refractivity contribution >= 4 is 21.3 Å². The maximum absolute atomic E-state index is 13.8. The molecule has 14 heteroatoms. The molecule has 1 N–H and O–H groups in total. The number of nitrogens with zero attached hydrogens (tertiary/aromatic N) is 6. The number of hydrogen-bond donors (Lipinski definition) is 1. The van der Waals surface area contributed by atoms with Crippen LogP contribution in [-0.4, -0.2) is 88.8 Å². The molecule has 10 nitrogen and oxygen atoms in total. The Labute approximate surface area is 240 Å². The van der Waals surface area contributed by atoms with Gasteiger partial charge in [-0.3, -0.25) is 4.90 Å². The van der Waals surface area contributed by atoms with Gasteiger partial charge in [0.1, 0.15) is 5.82 Å². The molecule has 0 amide bonds. The summed E-state index contributed by atoms with van der Waals surface area (Å²) in [5.74, 6) is 1.71. The van der Waals surface area contributed by atoms with Crippen molar-refractivity contribution in [2.45, 2.75) is 26.1 Å². The average Bonchev–Trinajstić information content (AvgIpc) is 3.56. The number of nitrogens with one attached hydrogen (secondary N) is 1. The molecule has 7 rings (SSSR count). The van der Waals surface area contributed by atoms with Gasteiger partial charge < -0.3 is 14.6 Å². The molecule has 0 saturated carbocycles. The fourth-order valence-corrected chi connectivity index (χ4v) is 8.74. The molecule has 3 fully saturated rings. The zero-order valence-corrected chi connectivity index (χ0v) is 23.8. The highest BCUT2D eigenvalue weighted by Gasteiger charge is 2.55. The summed E-state index contributed by atoms with van der Waals surface area (Å²) < 4.78 is 72.3. The molecule has 0 unspecified atom stereocenters. The highest BCUT2D eigenvalue weighted by atomic mass is 32.2. The van der Waals surface area contributed by atoms with Gasteiger partial charge in [-0.05, 0) is 30.2 Å². The predicted octanol–water partition coefficient (Wildman–Crippen LogP) is 3.10. The number of alkyl halides is 3. The van der Waals surface area contributed by atoms with Crippen LogP contribution >= 0.6 is 0 Å². The Morgan fingerprint density at radius 2 is 1.90 bits per heavy atom. The zero-order valence-electron chi connectivity index (χ0n) is 23.0. The van der Waals surface area contributed by atoms with Crippen LogP contribution in [0.5, 0.6) is 0 Å². The molecule has 3 aliphatic rings. The first kappa shape index (κ1) is 27.3. The summed E-state index contributed by atoms with van der Waals surface area (Å²) >= 11 is 0. The van der Waals surface area contributed by atoms with Gasteiger partial charge in [0, 0.05) is 57.0 Å². The highest BCUT2D eigenvalue weighted by Crippen LogP contribution is 2.42. The standard InChI is InChI=1S/C28H30F3N7O3S/c1-18-19(3-2-4-21(18)28(29,30)31)11-23-22(13-36-14-27(15-36)16-42(39,40)17-27)34-26-20(25-32-5-6-33-25)12-24(35-38(23)26)37-7-9-41-10-8-37/h2-6,12H,7-11,13-17H2,1H3,(H,32,33). The summed E-state index contributed by atoms with van der Waals surface area (Å²) in [6, 6.07) is 6.19. The van der Waals surface area contributed by atoms with Crippen LogP contribution in [0.1, 0.15) is 28.1 Å². The van der Waals surface area contributed by atoms with Gasteiger partial charge in [0.25, 0.3) is 0 Å². The van der Waals surface area contributed by atoms with Crippen molar-refractivity contribution in [1.82, 2.24) is 29.5 Å². The van der Waals surface area contributed by atoms with Crippen LogP contribution < -0.4 is 4.90 Å². The van der Waals surface area contributed by atoms with Crippen LogP contribution in [-0.2, 0) is 33.7 Å². The molecule has 3 aliphatic heterocycles. The van der Waals surface area contributed by atoms with E-state index in [9.17, 15) is 21.6 Å². The van der Waals surface area contributed by atoms with Crippen molar-refractivity contribution in [3.63, 3.8) is 0 Å². The Balaban J connectivity index is 1.34. The van der Waals surface area contributed by atoms with E-state index in [1.54, 1.807) is 23.0 Å². The zero-order chi connectivity index (χ0) is 29.3. The second kappa shape index (κ2) is 9.78. The molecule has 1 spiro atoms. The highest BCUT2D eigenvalue weighted by molar-refractivity contribution is 7.92.